The Hall–Kier alpha value is -3.51. The normalized spacial score (nSPS) is 11.7. The van der Waals surface area contributed by atoms with E-state index in [9.17, 15) is 9.59 Å². The number of fused-ring (bicyclic) bond motifs is 1. The van der Waals surface area contributed by atoms with Gasteiger partial charge in [-0.25, -0.2) is 9.78 Å². The first kappa shape index (κ1) is 19.8. The highest BCUT2D eigenvalue weighted by molar-refractivity contribution is 7.16. The second-order valence-electron chi connectivity index (χ2n) is 6.83. The van der Waals surface area contributed by atoms with Gasteiger partial charge in [0, 0.05) is 0 Å². The van der Waals surface area contributed by atoms with Crippen LogP contribution < -0.4 is 5.32 Å². The van der Waals surface area contributed by atoms with Crippen LogP contribution in [0.3, 0.4) is 0 Å². The van der Waals surface area contributed by atoms with Crippen LogP contribution in [-0.4, -0.2) is 23.5 Å². The quantitative estimate of drug-likeness (QED) is 0.449. The first-order valence-corrected chi connectivity index (χ1v) is 10.5. The van der Waals surface area contributed by atoms with Gasteiger partial charge in [0.25, 0.3) is 5.91 Å². The molecule has 4 aromatic rings. The summed E-state index contributed by atoms with van der Waals surface area (Å²) in [6.07, 6.45) is 0.645. The van der Waals surface area contributed by atoms with Crippen molar-refractivity contribution in [2.24, 2.45) is 0 Å². The number of rotatable bonds is 7. The highest BCUT2D eigenvalue weighted by atomic mass is 32.1. The minimum Gasteiger partial charge on any atom is -0.452 e. The van der Waals surface area contributed by atoms with Crippen molar-refractivity contribution in [2.45, 2.75) is 12.5 Å². The monoisotopic (exact) mass is 416 g/mol. The molecule has 1 amide bonds. The molecule has 6 heteroatoms. The van der Waals surface area contributed by atoms with E-state index in [-0.39, 0.29) is 18.6 Å². The predicted octanol–water partition coefficient (Wildman–Crippen LogP) is 4.55. The summed E-state index contributed by atoms with van der Waals surface area (Å²) in [5.74, 6) is -0.869. The van der Waals surface area contributed by atoms with Crippen LogP contribution in [0, 0.1) is 0 Å². The van der Waals surface area contributed by atoms with Crippen molar-refractivity contribution in [1.82, 2.24) is 10.3 Å². The van der Waals surface area contributed by atoms with E-state index in [1.807, 2.05) is 60.7 Å². The summed E-state index contributed by atoms with van der Waals surface area (Å²) in [5.41, 5.74) is 5.08. The number of hydrogen-bond donors (Lipinski definition) is 1. The van der Waals surface area contributed by atoms with Gasteiger partial charge in [0.1, 0.15) is 0 Å². The van der Waals surface area contributed by atoms with Crippen molar-refractivity contribution >= 4 is 33.4 Å². The molecule has 0 aliphatic rings. The number of carbonyl (C=O) groups is 2. The third-order valence-electron chi connectivity index (χ3n) is 4.72. The zero-order chi connectivity index (χ0) is 20.8. The van der Waals surface area contributed by atoms with Crippen LogP contribution >= 0.6 is 11.3 Å². The fraction of sp³-hybridized carbons (Fsp3) is 0.125. The second kappa shape index (κ2) is 9.33. The zero-order valence-corrected chi connectivity index (χ0v) is 17.0. The first-order valence-electron chi connectivity index (χ1n) is 9.57. The van der Waals surface area contributed by atoms with Crippen molar-refractivity contribution in [2.75, 3.05) is 6.61 Å². The van der Waals surface area contributed by atoms with E-state index in [4.69, 9.17) is 4.74 Å². The molecule has 0 aliphatic carbocycles. The smallest absolute Gasteiger partial charge is 0.338 e. The van der Waals surface area contributed by atoms with Gasteiger partial charge in [0.15, 0.2) is 6.61 Å². The molecule has 0 spiro atoms. The fourth-order valence-electron chi connectivity index (χ4n) is 3.22. The molecule has 1 N–H and O–H groups in total. The highest BCUT2D eigenvalue weighted by Crippen LogP contribution is 2.20. The SMILES string of the molecule is O=C(COC(=O)c1ccc2ncsc2c1)N[C@@H](Cc1ccccc1)c1ccccc1. The molecule has 0 fully saturated rings. The number of esters is 1. The summed E-state index contributed by atoms with van der Waals surface area (Å²) >= 11 is 1.45. The number of aromatic nitrogens is 1. The van der Waals surface area contributed by atoms with E-state index in [1.54, 1.807) is 23.7 Å². The van der Waals surface area contributed by atoms with E-state index in [0.29, 0.717) is 12.0 Å². The third-order valence-corrected chi connectivity index (χ3v) is 5.51. The van der Waals surface area contributed by atoms with Crippen LogP contribution in [0.1, 0.15) is 27.5 Å². The standard InChI is InChI=1S/C24H20N2O3S/c27-23(15-29-24(28)19-11-12-20-22(14-19)30-16-25-20)26-21(18-9-5-2-6-10-18)13-17-7-3-1-4-8-17/h1-12,14,16,21H,13,15H2,(H,26,27)/t21-/m0/s1. The molecule has 0 unspecified atom stereocenters. The van der Waals surface area contributed by atoms with E-state index < -0.39 is 5.97 Å². The average molecular weight is 417 g/mol. The van der Waals surface area contributed by atoms with Gasteiger partial charge >= 0.3 is 5.97 Å². The molecule has 1 heterocycles. The Balaban J connectivity index is 1.40. The lowest BCUT2D eigenvalue weighted by Crippen LogP contribution is -2.33. The molecule has 0 radical (unpaired) electrons. The average Bonchev–Trinajstić information content (AvgIpc) is 3.26. The molecule has 4 rings (SSSR count). The van der Waals surface area contributed by atoms with Crippen molar-refractivity contribution in [1.29, 1.82) is 0 Å². The number of carbonyl (C=O) groups excluding carboxylic acids is 2. The highest BCUT2D eigenvalue weighted by Gasteiger charge is 2.17. The van der Waals surface area contributed by atoms with Gasteiger partial charge in [-0.15, -0.1) is 11.3 Å². The van der Waals surface area contributed by atoms with Crippen LogP contribution in [0.15, 0.2) is 84.4 Å². The Bertz CT molecular complexity index is 1140. The van der Waals surface area contributed by atoms with Crippen LogP contribution in [0.5, 0.6) is 0 Å². The Morgan fingerprint density at radius 1 is 0.967 bits per heavy atom. The van der Waals surface area contributed by atoms with E-state index in [0.717, 1.165) is 21.3 Å². The van der Waals surface area contributed by atoms with Crippen molar-refractivity contribution in [3.63, 3.8) is 0 Å². The Kier molecular flexibility index (Phi) is 6.15. The zero-order valence-electron chi connectivity index (χ0n) is 16.2. The van der Waals surface area contributed by atoms with Gasteiger partial charge in [-0.3, -0.25) is 4.79 Å². The number of nitrogens with zero attached hydrogens (tertiary/aromatic N) is 1. The van der Waals surface area contributed by atoms with Crippen LogP contribution in [0.25, 0.3) is 10.2 Å². The number of hydrogen-bond acceptors (Lipinski definition) is 5. The topological polar surface area (TPSA) is 68.3 Å². The Labute approximate surface area is 178 Å². The lowest BCUT2D eigenvalue weighted by molar-refractivity contribution is -0.125. The van der Waals surface area contributed by atoms with Crippen molar-refractivity contribution in [3.8, 4) is 0 Å². The molecule has 1 aromatic heterocycles. The molecule has 3 aromatic carbocycles. The lowest BCUT2D eigenvalue weighted by Gasteiger charge is -2.19. The lowest BCUT2D eigenvalue weighted by atomic mass is 9.99. The maximum atomic E-state index is 12.5. The molecule has 0 bridgehead atoms. The molecule has 5 nitrogen and oxygen atoms in total. The summed E-state index contributed by atoms with van der Waals surface area (Å²) in [5, 5.41) is 2.99. The minimum atomic E-state index is -0.528. The van der Waals surface area contributed by atoms with Crippen LogP contribution in [-0.2, 0) is 16.0 Å². The summed E-state index contributed by atoms with van der Waals surface area (Å²) in [6.45, 7) is -0.336. The molecule has 0 aliphatic heterocycles. The van der Waals surface area contributed by atoms with Crippen LogP contribution in [0.2, 0.25) is 0 Å². The third kappa shape index (κ3) is 4.90. The Morgan fingerprint density at radius 3 is 2.47 bits per heavy atom. The number of ether oxygens (including phenoxy) is 1. The molecule has 150 valence electrons. The molecular weight excluding hydrogens is 396 g/mol. The van der Waals surface area contributed by atoms with E-state index in [2.05, 4.69) is 10.3 Å². The van der Waals surface area contributed by atoms with Gasteiger partial charge in [-0.05, 0) is 35.7 Å². The summed E-state index contributed by atoms with van der Waals surface area (Å²) < 4.78 is 6.14. The molecule has 30 heavy (non-hydrogen) atoms. The minimum absolute atomic E-state index is 0.214. The summed E-state index contributed by atoms with van der Waals surface area (Å²) in [7, 11) is 0. The van der Waals surface area contributed by atoms with Gasteiger partial charge in [0.05, 0.1) is 27.3 Å². The molecule has 0 saturated heterocycles. The summed E-state index contributed by atoms with van der Waals surface area (Å²) in [4.78, 5) is 29.1. The van der Waals surface area contributed by atoms with Crippen LogP contribution in [0.4, 0.5) is 0 Å². The van der Waals surface area contributed by atoms with E-state index >= 15 is 0 Å². The predicted molar refractivity (Wildman–Crippen MR) is 117 cm³/mol. The largest absolute Gasteiger partial charge is 0.452 e. The van der Waals surface area contributed by atoms with Gasteiger partial charge in [0.2, 0.25) is 0 Å². The van der Waals surface area contributed by atoms with Gasteiger partial charge in [-0.2, -0.15) is 0 Å². The maximum absolute atomic E-state index is 12.5. The first-order chi connectivity index (χ1) is 14.7. The molecule has 0 saturated carbocycles. The second-order valence-corrected chi connectivity index (χ2v) is 7.72. The number of nitrogens with one attached hydrogen (secondary N) is 1. The van der Waals surface area contributed by atoms with Crippen molar-refractivity contribution < 1.29 is 14.3 Å². The van der Waals surface area contributed by atoms with Gasteiger partial charge in [-0.1, -0.05) is 60.7 Å². The summed E-state index contributed by atoms with van der Waals surface area (Å²) in [6, 6.07) is 24.7. The number of amides is 1. The molecular formula is C24H20N2O3S. The Morgan fingerprint density at radius 2 is 1.70 bits per heavy atom. The fourth-order valence-corrected chi connectivity index (χ4v) is 3.94. The molecule has 1 atom stereocenters. The maximum Gasteiger partial charge on any atom is 0.338 e. The van der Waals surface area contributed by atoms with Crippen molar-refractivity contribution in [3.05, 3.63) is 101 Å². The van der Waals surface area contributed by atoms with E-state index in [1.165, 1.54) is 11.3 Å². The van der Waals surface area contributed by atoms with Gasteiger partial charge < -0.3 is 10.1 Å². The number of thiazole rings is 1. The number of benzene rings is 3.